The number of aromatic nitrogens is 2. The zero-order chi connectivity index (χ0) is 20.6. The molecule has 0 bridgehead atoms. The minimum Gasteiger partial charge on any atom is -0.482 e. The normalized spacial score (nSPS) is 10.5. The quantitative estimate of drug-likeness (QED) is 0.340. The lowest BCUT2D eigenvalue weighted by Gasteiger charge is -2.09. The molecule has 0 spiro atoms. The van der Waals surface area contributed by atoms with Crippen LogP contribution in [0, 0.1) is 17.0 Å². The van der Waals surface area contributed by atoms with Gasteiger partial charge in [-0.05, 0) is 48.7 Å². The highest BCUT2D eigenvalue weighted by Crippen LogP contribution is 2.28. The van der Waals surface area contributed by atoms with E-state index in [1.165, 1.54) is 6.07 Å². The molecule has 3 aromatic rings. The highest BCUT2D eigenvalue weighted by atomic mass is 16.6. The Balaban J connectivity index is 1.55. The number of nitrogens with zero attached hydrogens (tertiary/aromatic N) is 3. The fourth-order valence-corrected chi connectivity index (χ4v) is 2.83. The molecule has 0 unspecified atom stereocenters. The van der Waals surface area contributed by atoms with Crippen molar-refractivity contribution in [1.29, 1.82) is 0 Å². The van der Waals surface area contributed by atoms with Gasteiger partial charge in [0.25, 0.3) is 5.91 Å². The Bertz CT molecular complexity index is 986. The molecule has 8 nitrogen and oxygen atoms in total. The predicted molar refractivity (Wildman–Crippen MR) is 108 cm³/mol. The van der Waals surface area contributed by atoms with Crippen LogP contribution in [0.5, 0.6) is 5.75 Å². The number of nitro groups is 1. The van der Waals surface area contributed by atoms with Gasteiger partial charge in [-0.3, -0.25) is 19.6 Å². The van der Waals surface area contributed by atoms with Crippen molar-refractivity contribution in [2.45, 2.75) is 26.5 Å². The highest BCUT2D eigenvalue weighted by molar-refractivity contribution is 5.94. The molecular formula is C21H22N4O4. The van der Waals surface area contributed by atoms with Crippen LogP contribution >= 0.6 is 0 Å². The summed E-state index contributed by atoms with van der Waals surface area (Å²) >= 11 is 0. The van der Waals surface area contributed by atoms with E-state index in [0.717, 1.165) is 24.1 Å². The first-order valence-corrected chi connectivity index (χ1v) is 9.25. The van der Waals surface area contributed by atoms with E-state index >= 15 is 0 Å². The average Bonchev–Trinajstić information content (AvgIpc) is 3.24. The molecule has 1 amide bonds. The van der Waals surface area contributed by atoms with Crippen LogP contribution in [0.15, 0.2) is 60.9 Å². The maximum absolute atomic E-state index is 12.3. The lowest BCUT2D eigenvalue weighted by molar-refractivity contribution is -0.386. The number of benzene rings is 2. The maximum Gasteiger partial charge on any atom is 0.311 e. The smallest absolute Gasteiger partial charge is 0.311 e. The van der Waals surface area contributed by atoms with Gasteiger partial charge in [0, 0.05) is 37.1 Å². The van der Waals surface area contributed by atoms with Crippen LogP contribution in [-0.2, 0) is 13.2 Å². The van der Waals surface area contributed by atoms with Crippen molar-refractivity contribution in [2.75, 3.05) is 6.54 Å². The minimum absolute atomic E-state index is 0.0731. The van der Waals surface area contributed by atoms with Crippen LogP contribution in [0.2, 0.25) is 0 Å². The number of hydrogen-bond acceptors (Lipinski definition) is 5. The molecule has 1 heterocycles. The Morgan fingerprint density at radius 2 is 2.10 bits per heavy atom. The van der Waals surface area contributed by atoms with Crippen molar-refractivity contribution in [1.82, 2.24) is 15.1 Å². The molecule has 29 heavy (non-hydrogen) atoms. The third-order valence-corrected chi connectivity index (χ3v) is 4.30. The van der Waals surface area contributed by atoms with Gasteiger partial charge >= 0.3 is 5.69 Å². The van der Waals surface area contributed by atoms with Crippen molar-refractivity contribution in [2.24, 2.45) is 0 Å². The van der Waals surface area contributed by atoms with Crippen LogP contribution in [0.3, 0.4) is 0 Å². The number of hydrogen-bond donors (Lipinski definition) is 1. The number of nitro benzene ring substituents is 1. The Morgan fingerprint density at radius 1 is 1.24 bits per heavy atom. The molecule has 0 radical (unpaired) electrons. The second kappa shape index (κ2) is 9.50. The number of aryl methyl sites for hydroxylation is 2. The molecule has 3 rings (SSSR count). The fraction of sp³-hybridized carbons (Fsp3) is 0.238. The number of carbonyl (C=O) groups excluding carboxylic acids is 1. The second-order valence-electron chi connectivity index (χ2n) is 6.60. The van der Waals surface area contributed by atoms with Crippen LogP contribution in [0.25, 0.3) is 0 Å². The van der Waals surface area contributed by atoms with Gasteiger partial charge in [0.15, 0.2) is 5.75 Å². The van der Waals surface area contributed by atoms with Gasteiger partial charge < -0.3 is 10.1 Å². The molecule has 150 valence electrons. The van der Waals surface area contributed by atoms with Gasteiger partial charge in [-0.15, -0.1) is 0 Å². The lowest BCUT2D eigenvalue weighted by atomic mass is 10.1. The summed E-state index contributed by atoms with van der Waals surface area (Å²) in [6.07, 6.45) is 4.37. The highest BCUT2D eigenvalue weighted by Gasteiger charge is 2.15. The van der Waals surface area contributed by atoms with Gasteiger partial charge in [0.2, 0.25) is 0 Å². The zero-order valence-corrected chi connectivity index (χ0v) is 16.1. The first-order valence-electron chi connectivity index (χ1n) is 9.25. The predicted octanol–water partition coefficient (Wildman–Crippen LogP) is 3.50. The summed E-state index contributed by atoms with van der Waals surface area (Å²) in [6.45, 7) is 3.18. The SMILES string of the molecule is Cc1ccc(OCc2cccc(C(=O)NCCCn3cccn3)c2)c([N+](=O)[O-])c1. The van der Waals surface area contributed by atoms with Crippen LogP contribution in [0.1, 0.15) is 27.9 Å². The van der Waals surface area contributed by atoms with Crippen molar-refractivity contribution in [3.05, 3.63) is 87.7 Å². The molecule has 2 aromatic carbocycles. The molecule has 0 fully saturated rings. The van der Waals surface area contributed by atoms with E-state index in [-0.39, 0.29) is 24.0 Å². The van der Waals surface area contributed by atoms with E-state index in [9.17, 15) is 14.9 Å². The Hall–Kier alpha value is -3.68. The van der Waals surface area contributed by atoms with Crippen molar-refractivity contribution in [3.63, 3.8) is 0 Å². The third kappa shape index (κ3) is 5.65. The number of carbonyl (C=O) groups is 1. The summed E-state index contributed by atoms with van der Waals surface area (Å²) in [7, 11) is 0. The number of rotatable bonds is 9. The van der Waals surface area contributed by atoms with Crippen LogP contribution < -0.4 is 10.1 Å². The second-order valence-corrected chi connectivity index (χ2v) is 6.60. The van der Waals surface area contributed by atoms with Gasteiger partial charge in [0.05, 0.1) is 4.92 Å². The van der Waals surface area contributed by atoms with Crippen LogP contribution in [-0.4, -0.2) is 27.2 Å². The van der Waals surface area contributed by atoms with Gasteiger partial charge in [-0.2, -0.15) is 5.10 Å². The minimum atomic E-state index is -0.463. The number of amides is 1. The summed E-state index contributed by atoms with van der Waals surface area (Å²) in [4.78, 5) is 23.1. The number of ether oxygens (including phenoxy) is 1. The summed E-state index contributed by atoms with van der Waals surface area (Å²) in [5.41, 5.74) is 1.99. The van der Waals surface area contributed by atoms with Gasteiger partial charge in [0.1, 0.15) is 6.61 Å². The summed E-state index contributed by atoms with van der Waals surface area (Å²) < 4.78 is 7.44. The molecule has 0 aliphatic heterocycles. The number of nitrogens with one attached hydrogen (secondary N) is 1. The van der Waals surface area contributed by atoms with Crippen LogP contribution in [0.4, 0.5) is 5.69 Å². The lowest BCUT2D eigenvalue weighted by Crippen LogP contribution is -2.25. The first kappa shape index (κ1) is 20.1. The standard InChI is InChI=1S/C21H22N4O4/c1-16-7-8-20(19(13-16)25(27)28)29-15-17-5-2-6-18(14-17)21(26)22-9-3-11-24-12-4-10-23-24/h2,4-8,10,12-14H,3,9,11,15H2,1H3,(H,22,26). The van der Waals surface area contributed by atoms with E-state index in [4.69, 9.17) is 4.74 Å². The fourth-order valence-electron chi connectivity index (χ4n) is 2.83. The summed E-state index contributed by atoms with van der Waals surface area (Å²) in [5.74, 6) is 0.0303. The van der Waals surface area contributed by atoms with E-state index in [2.05, 4.69) is 10.4 Å². The molecule has 8 heteroatoms. The van der Waals surface area contributed by atoms with Crippen molar-refractivity contribution < 1.29 is 14.5 Å². The van der Waals surface area contributed by atoms with Crippen molar-refractivity contribution >= 4 is 11.6 Å². The van der Waals surface area contributed by atoms with E-state index in [0.29, 0.717) is 12.1 Å². The molecule has 0 saturated heterocycles. The van der Waals surface area contributed by atoms with Gasteiger partial charge in [-0.25, -0.2) is 0 Å². The summed E-state index contributed by atoms with van der Waals surface area (Å²) in [6, 6.07) is 13.7. The van der Waals surface area contributed by atoms with E-state index < -0.39 is 4.92 Å². The zero-order valence-electron chi connectivity index (χ0n) is 16.1. The topological polar surface area (TPSA) is 99.3 Å². The third-order valence-electron chi connectivity index (χ3n) is 4.30. The van der Waals surface area contributed by atoms with E-state index in [1.54, 1.807) is 43.5 Å². The molecule has 0 aliphatic rings. The Morgan fingerprint density at radius 3 is 2.86 bits per heavy atom. The first-order chi connectivity index (χ1) is 14.0. The maximum atomic E-state index is 12.3. The molecule has 1 aromatic heterocycles. The van der Waals surface area contributed by atoms with E-state index in [1.807, 2.05) is 23.0 Å². The molecule has 1 N–H and O–H groups in total. The van der Waals surface area contributed by atoms with Crippen molar-refractivity contribution in [3.8, 4) is 5.75 Å². The summed E-state index contributed by atoms with van der Waals surface area (Å²) in [5, 5.41) is 18.2. The molecule has 0 atom stereocenters. The Kier molecular flexibility index (Phi) is 6.57. The average molecular weight is 394 g/mol. The Labute approximate surface area is 168 Å². The monoisotopic (exact) mass is 394 g/mol. The molecule has 0 aliphatic carbocycles. The molecule has 0 saturated carbocycles. The molecular weight excluding hydrogens is 372 g/mol. The van der Waals surface area contributed by atoms with Gasteiger partial charge in [-0.1, -0.05) is 18.2 Å². The largest absolute Gasteiger partial charge is 0.482 e.